The first-order valence-corrected chi connectivity index (χ1v) is 15.0. The van der Waals surface area contributed by atoms with Crippen molar-refractivity contribution in [1.82, 2.24) is 0 Å². The van der Waals surface area contributed by atoms with Crippen LogP contribution in [0.3, 0.4) is 0 Å². The Morgan fingerprint density at radius 2 is 0.854 bits per heavy atom. The average molecular weight is 547 g/mol. The number of aromatic hydroxyl groups is 2. The van der Waals surface area contributed by atoms with E-state index < -0.39 is 7.92 Å². The average Bonchev–Trinajstić information content (AvgIpc) is 3.03. The van der Waals surface area contributed by atoms with E-state index in [4.69, 9.17) is 0 Å². The Balaban J connectivity index is 1.61. The fraction of sp³-hybridized carbons (Fsp3) is 0. The summed E-state index contributed by atoms with van der Waals surface area (Å²) >= 11 is 0. The van der Waals surface area contributed by atoms with Gasteiger partial charge in [0.05, 0.1) is 0 Å². The summed E-state index contributed by atoms with van der Waals surface area (Å²) in [5, 5.41) is 31.4. The van der Waals surface area contributed by atoms with Crippen LogP contribution in [0.1, 0.15) is 0 Å². The molecule has 7 aromatic carbocycles. The number of hydrogen-bond donors (Lipinski definition) is 2. The summed E-state index contributed by atoms with van der Waals surface area (Å²) in [7, 11) is -1.08. The Hall–Kier alpha value is -4.91. The first-order chi connectivity index (χ1) is 20.2. The van der Waals surface area contributed by atoms with E-state index in [0.29, 0.717) is 11.1 Å². The van der Waals surface area contributed by atoms with Crippen LogP contribution in [0.25, 0.3) is 43.8 Å². The molecule has 2 nitrogen and oxygen atoms in total. The van der Waals surface area contributed by atoms with Gasteiger partial charge in [-0.15, -0.1) is 0 Å². The van der Waals surface area contributed by atoms with Crippen LogP contribution in [0.5, 0.6) is 11.5 Å². The van der Waals surface area contributed by atoms with Crippen LogP contribution in [0.4, 0.5) is 0 Å². The number of fused-ring (bicyclic) bond motifs is 2. The molecule has 0 fully saturated rings. The third-order valence-electron chi connectivity index (χ3n) is 7.63. The lowest BCUT2D eigenvalue weighted by Crippen LogP contribution is -2.21. The van der Waals surface area contributed by atoms with Crippen LogP contribution in [-0.2, 0) is 0 Å². The van der Waals surface area contributed by atoms with Crippen molar-refractivity contribution in [3.05, 3.63) is 152 Å². The van der Waals surface area contributed by atoms with Gasteiger partial charge in [0.1, 0.15) is 11.5 Å². The molecule has 196 valence electrons. The van der Waals surface area contributed by atoms with Crippen molar-refractivity contribution in [3.63, 3.8) is 0 Å². The molecule has 41 heavy (non-hydrogen) atoms. The lowest BCUT2D eigenvalue weighted by molar-refractivity contribution is 0.473. The molecule has 0 aliphatic carbocycles. The molecule has 0 atom stereocenters. The van der Waals surface area contributed by atoms with Crippen LogP contribution in [0.2, 0.25) is 0 Å². The maximum absolute atomic E-state index is 12.4. The van der Waals surface area contributed by atoms with Crippen molar-refractivity contribution < 1.29 is 10.2 Å². The third kappa shape index (κ3) is 4.43. The van der Waals surface area contributed by atoms with Crippen molar-refractivity contribution in [2.24, 2.45) is 0 Å². The zero-order valence-corrected chi connectivity index (χ0v) is 23.2. The van der Waals surface area contributed by atoms with E-state index in [0.717, 1.165) is 48.6 Å². The standard InChI is InChI=1S/C38H27O2P/c39-37-33(26-14-4-1-5-15-26)24-27-16-10-12-22-31(27)35(37)36-32-23-13-11-17-28(32)25-34(38(36)40)41(29-18-6-2-7-19-29)30-20-8-3-9-21-30/h1-25,39-40H. The van der Waals surface area contributed by atoms with Crippen molar-refractivity contribution in [1.29, 1.82) is 0 Å². The second-order valence-corrected chi connectivity index (χ2v) is 12.3. The topological polar surface area (TPSA) is 40.5 Å². The SMILES string of the molecule is Oc1c(-c2ccccc2)cc2ccccc2c1-c1c(O)c(P(c2ccccc2)c2ccccc2)cc2ccccc12. The quantitative estimate of drug-likeness (QED) is 0.213. The number of benzene rings is 7. The van der Waals surface area contributed by atoms with Crippen LogP contribution in [0.15, 0.2) is 152 Å². The molecule has 0 amide bonds. The molecule has 0 aliphatic rings. The minimum absolute atomic E-state index is 0.163. The first-order valence-electron chi connectivity index (χ1n) is 13.7. The molecule has 0 aromatic heterocycles. The van der Waals surface area contributed by atoms with Gasteiger partial charge in [0.2, 0.25) is 0 Å². The molecule has 2 N–H and O–H groups in total. The van der Waals surface area contributed by atoms with Gasteiger partial charge in [0.15, 0.2) is 0 Å². The first kappa shape index (κ1) is 25.1. The molecule has 7 aromatic rings. The Morgan fingerprint density at radius 3 is 1.41 bits per heavy atom. The third-order valence-corrected chi connectivity index (χ3v) is 10.1. The number of hydrogen-bond acceptors (Lipinski definition) is 2. The molecular formula is C38H27O2P. The second kappa shape index (κ2) is 10.6. The Morgan fingerprint density at radius 1 is 0.415 bits per heavy atom. The predicted molar refractivity (Wildman–Crippen MR) is 174 cm³/mol. The van der Waals surface area contributed by atoms with Crippen LogP contribution < -0.4 is 15.9 Å². The lowest BCUT2D eigenvalue weighted by atomic mass is 9.89. The van der Waals surface area contributed by atoms with Gasteiger partial charge in [-0.05, 0) is 57.8 Å². The summed E-state index contributed by atoms with van der Waals surface area (Å²) < 4.78 is 0. The van der Waals surface area contributed by atoms with Crippen LogP contribution in [-0.4, -0.2) is 10.2 Å². The van der Waals surface area contributed by atoms with Crippen molar-refractivity contribution in [2.75, 3.05) is 0 Å². The molecular weight excluding hydrogens is 519 g/mol. The molecule has 0 heterocycles. The summed E-state index contributed by atoms with van der Waals surface area (Å²) in [5.74, 6) is 0.365. The minimum atomic E-state index is -1.08. The minimum Gasteiger partial charge on any atom is -0.507 e. The van der Waals surface area contributed by atoms with Gasteiger partial charge in [-0.25, -0.2) is 0 Å². The van der Waals surface area contributed by atoms with E-state index in [1.807, 2.05) is 84.9 Å². The molecule has 0 saturated carbocycles. The maximum Gasteiger partial charge on any atom is 0.132 e. The summed E-state index contributed by atoms with van der Waals surface area (Å²) in [6.07, 6.45) is 0. The Kier molecular flexibility index (Phi) is 6.47. The lowest BCUT2D eigenvalue weighted by Gasteiger charge is -2.24. The summed E-state index contributed by atoms with van der Waals surface area (Å²) in [5.41, 5.74) is 2.96. The van der Waals surface area contributed by atoms with Gasteiger partial charge in [0.25, 0.3) is 0 Å². The fourth-order valence-electron chi connectivity index (χ4n) is 5.75. The van der Waals surface area contributed by atoms with Crippen LogP contribution in [0, 0.1) is 0 Å². The van der Waals surface area contributed by atoms with Crippen molar-refractivity contribution in [2.45, 2.75) is 0 Å². The number of rotatable bonds is 5. The molecule has 0 bridgehead atoms. The highest BCUT2D eigenvalue weighted by Gasteiger charge is 2.27. The van der Waals surface area contributed by atoms with Gasteiger partial charge in [-0.1, -0.05) is 140 Å². The number of phenols is 2. The summed E-state index contributed by atoms with van der Waals surface area (Å²) in [4.78, 5) is 0. The molecule has 7 rings (SSSR count). The number of phenolic OH excluding ortho intramolecular Hbond substituents is 2. The smallest absolute Gasteiger partial charge is 0.132 e. The van der Waals surface area contributed by atoms with E-state index in [2.05, 4.69) is 66.7 Å². The fourth-order valence-corrected chi connectivity index (χ4v) is 8.14. The predicted octanol–water partition coefficient (Wildman–Crippen LogP) is 8.50. The second-order valence-electron chi connectivity index (χ2n) is 10.1. The van der Waals surface area contributed by atoms with Crippen molar-refractivity contribution in [3.8, 4) is 33.8 Å². The highest BCUT2D eigenvalue weighted by molar-refractivity contribution is 7.80. The van der Waals surface area contributed by atoms with Gasteiger partial charge in [0, 0.05) is 22.0 Å². The molecule has 0 spiro atoms. The zero-order chi connectivity index (χ0) is 27.8. The summed E-state index contributed by atoms with van der Waals surface area (Å²) in [6, 6.07) is 51.1. The highest BCUT2D eigenvalue weighted by atomic mass is 31.1. The highest BCUT2D eigenvalue weighted by Crippen LogP contribution is 2.50. The van der Waals surface area contributed by atoms with Gasteiger partial charge >= 0.3 is 0 Å². The van der Waals surface area contributed by atoms with Gasteiger partial charge in [-0.3, -0.25) is 0 Å². The van der Waals surface area contributed by atoms with Crippen LogP contribution >= 0.6 is 7.92 Å². The largest absolute Gasteiger partial charge is 0.507 e. The molecule has 0 unspecified atom stereocenters. The monoisotopic (exact) mass is 546 g/mol. The molecule has 3 heteroatoms. The maximum atomic E-state index is 12.4. The van der Waals surface area contributed by atoms with Gasteiger partial charge in [-0.2, -0.15) is 0 Å². The molecule has 0 radical (unpaired) electrons. The van der Waals surface area contributed by atoms with E-state index in [1.54, 1.807) is 0 Å². The van der Waals surface area contributed by atoms with Gasteiger partial charge < -0.3 is 10.2 Å². The van der Waals surface area contributed by atoms with Crippen molar-refractivity contribution >= 4 is 45.4 Å². The van der Waals surface area contributed by atoms with E-state index >= 15 is 0 Å². The van der Waals surface area contributed by atoms with E-state index in [-0.39, 0.29) is 11.5 Å². The zero-order valence-electron chi connectivity index (χ0n) is 22.3. The molecule has 0 aliphatic heterocycles. The van der Waals surface area contributed by atoms with E-state index in [9.17, 15) is 10.2 Å². The molecule has 0 saturated heterocycles. The normalized spacial score (nSPS) is 11.3. The Labute approximate surface area is 240 Å². The summed E-state index contributed by atoms with van der Waals surface area (Å²) in [6.45, 7) is 0. The Bertz CT molecular complexity index is 1960. The van der Waals surface area contributed by atoms with E-state index in [1.165, 1.54) is 0 Å².